The number of carboxylic acids is 1. The number of nitrogens with zero attached hydrogens (tertiary/aromatic N) is 1. The summed E-state index contributed by atoms with van der Waals surface area (Å²) in [7, 11) is -3.66. The fourth-order valence-electron chi connectivity index (χ4n) is 3.80. The van der Waals surface area contributed by atoms with Gasteiger partial charge in [0.2, 0.25) is 13.3 Å². The standard InChI is InChI=1S/C23H28NO5PS/c25-22(17-30(28,29)14-8-7-11-18-9-3-1-4-10-18)24-16-20(15-21(24)23(26)27)31-19-12-5-2-6-13-19/h1-6,9-10,12-13,20-21H,7-8,11,14-17H2,(H,26,27)(H,28,29)/t20-,21-/m0/s1. The summed E-state index contributed by atoms with van der Waals surface area (Å²) in [6.07, 6.45) is 2.03. The van der Waals surface area contributed by atoms with Gasteiger partial charge in [0, 0.05) is 22.9 Å². The molecule has 1 fully saturated rings. The Hall–Kier alpha value is -2.08. The van der Waals surface area contributed by atoms with Crippen molar-refractivity contribution < 1.29 is 24.2 Å². The Kier molecular flexibility index (Phi) is 8.35. The molecule has 31 heavy (non-hydrogen) atoms. The zero-order valence-corrected chi connectivity index (χ0v) is 19.0. The van der Waals surface area contributed by atoms with E-state index in [0.717, 1.165) is 17.7 Å². The predicted octanol–water partition coefficient (Wildman–Crippen LogP) is 4.13. The molecule has 2 N–H and O–H groups in total. The SMILES string of the molecule is O=C(O)[C@@H]1C[C@H](Sc2ccccc2)CN1C(=O)CP(=O)(O)CCCCc1ccccc1. The minimum atomic E-state index is -3.66. The molecule has 1 amide bonds. The summed E-state index contributed by atoms with van der Waals surface area (Å²) in [4.78, 5) is 37.0. The second kappa shape index (κ2) is 11.0. The molecule has 0 spiro atoms. The van der Waals surface area contributed by atoms with Crippen LogP contribution >= 0.6 is 19.1 Å². The second-order valence-electron chi connectivity index (χ2n) is 7.86. The first-order chi connectivity index (χ1) is 14.8. The Morgan fingerprint density at radius 1 is 1.03 bits per heavy atom. The van der Waals surface area contributed by atoms with E-state index in [1.165, 1.54) is 22.2 Å². The minimum absolute atomic E-state index is 0.0589. The first-order valence-corrected chi connectivity index (χ1v) is 13.3. The normalized spacial score (nSPS) is 20.4. The molecule has 2 aromatic rings. The van der Waals surface area contributed by atoms with Gasteiger partial charge in [-0.3, -0.25) is 9.36 Å². The van der Waals surface area contributed by atoms with Gasteiger partial charge in [-0.1, -0.05) is 48.5 Å². The largest absolute Gasteiger partial charge is 0.480 e. The van der Waals surface area contributed by atoms with Crippen LogP contribution in [0, 0.1) is 0 Å². The van der Waals surface area contributed by atoms with Gasteiger partial charge in [-0.25, -0.2) is 4.79 Å². The maximum absolute atomic E-state index is 12.7. The molecule has 0 saturated carbocycles. The Bertz CT molecular complexity index is 924. The molecule has 0 bridgehead atoms. The van der Waals surface area contributed by atoms with E-state index in [0.29, 0.717) is 12.8 Å². The maximum atomic E-state index is 12.7. The van der Waals surface area contributed by atoms with E-state index in [1.54, 1.807) is 0 Å². The highest BCUT2D eigenvalue weighted by molar-refractivity contribution is 8.00. The van der Waals surface area contributed by atoms with Crippen molar-refractivity contribution in [1.29, 1.82) is 0 Å². The molecule has 1 aliphatic heterocycles. The highest BCUT2D eigenvalue weighted by Crippen LogP contribution is 2.43. The third kappa shape index (κ3) is 7.23. The highest BCUT2D eigenvalue weighted by atomic mass is 32.2. The summed E-state index contributed by atoms with van der Waals surface area (Å²) in [5.74, 6) is -1.61. The molecule has 2 aromatic carbocycles. The number of likely N-dealkylation sites (tertiary alicyclic amines) is 1. The molecule has 6 nitrogen and oxygen atoms in total. The Balaban J connectivity index is 1.51. The number of hydrogen-bond acceptors (Lipinski definition) is 4. The van der Waals surface area contributed by atoms with Crippen LogP contribution in [0.15, 0.2) is 65.6 Å². The second-order valence-corrected chi connectivity index (χ2v) is 11.7. The number of rotatable bonds is 10. The van der Waals surface area contributed by atoms with Crippen LogP contribution in [0.1, 0.15) is 24.8 Å². The maximum Gasteiger partial charge on any atom is 0.326 e. The van der Waals surface area contributed by atoms with E-state index in [2.05, 4.69) is 0 Å². The summed E-state index contributed by atoms with van der Waals surface area (Å²) < 4.78 is 12.6. The van der Waals surface area contributed by atoms with E-state index in [4.69, 9.17) is 0 Å². The van der Waals surface area contributed by atoms with Crippen molar-refractivity contribution in [2.24, 2.45) is 0 Å². The molecular formula is C23H28NO5PS. The number of benzene rings is 2. The minimum Gasteiger partial charge on any atom is -0.480 e. The lowest BCUT2D eigenvalue weighted by atomic mass is 10.1. The number of aryl methyl sites for hydroxylation is 1. The van der Waals surface area contributed by atoms with Crippen LogP contribution in [0.3, 0.4) is 0 Å². The van der Waals surface area contributed by atoms with Crippen molar-refractivity contribution in [3.05, 3.63) is 66.2 Å². The van der Waals surface area contributed by atoms with Gasteiger partial charge in [0.1, 0.15) is 12.2 Å². The lowest BCUT2D eigenvalue weighted by Crippen LogP contribution is -2.42. The summed E-state index contributed by atoms with van der Waals surface area (Å²) in [5, 5.41) is 9.50. The molecule has 1 aliphatic rings. The smallest absolute Gasteiger partial charge is 0.326 e. The van der Waals surface area contributed by atoms with Crippen LogP contribution in [0.5, 0.6) is 0 Å². The molecule has 3 atom stereocenters. The fourth-order valence-corrected chi connectivity index (χ4v) is 6.49. The van der Waals surface area contributed by atoms with Gasteiger partial charge in [0.25, 0.3) is 0 Å². The zero-order valence-electron chi connectivity index (χ0n) is 17.3. The van der Waals surface area contributed by atoms with Crippen LogP contribution in [0.4, 0.5) is 0 Å². The van der Waals surface area contributed by atoms with E-state index in [1.807, 2.05) is 60.7 Å². The van der Waals surface area contributed by atoms with Crippen molar-refractivity contribution in [3.63, 3.8) is 0 Å². The van der Waals surface area contributed by atoms with Crippen LogP contribution in [0.25, 0.3) is 0 Å². The van der Waals surface area contributed by atoms with Crippen LogP contribution in [0.2, 0.25) is 0 Å². The van der Waals surface area contributed by atoms with Crippen LogP contribution in [-0.2, 0) is 20.6 Å². The number of thioether (sulfide) groups is 1. The summed E-state index contributed by atoms with van der Waals surface area (Å²) >= 11 is 1.54. The number of aliphatic carboxylic acids is 1. The fraction of sp³-hybridized carbons (Fsp3) is 0.391. The highest BCUT2D eigenvalue weighted by Gasteiger charge is 2.41. The van der Waals surface area contributed by atoms with Gasteiger partial charge in [0.15, 0.2) is 0 Å². The van der Waals surface area contributed by atoms with Crippen molar-refractivity contribution in [3.8, 4) is 0 Å². The first kappa shape index (κ1) is 23.6. The molecule has 3 rings (SSSR count). The summed E-state index contributed by atoms with van der Waals surface area (Å²) in [6, 6.07) is 18.6. The predicted molar refractivity (Wildman–Crippen MR) is 123 cm³/mol. The van der Waals surface area contributed by atoms with Crippen molar-refractivity contribution in [2.45, 2.75) is 41.9 Å². The lowest BCUT2D eigenvalue weighted by molar-refractivity contribution is -0.147. The molecule has 1 unspecified atom stereocenters. The average Bonchev–Trinajstić information content (AvgIpc) is 3.17. The van der Waals surface area contributed by atoms with Gasteiger partial charge in [-0.2, -0.15) is 0 Å². The topological polar surface area (TPSA) is 94.9 Å². The van der Waals surface area contributed by atoms with Crippen molar-refractivity contribution in [1.82, 2.24) is 4.90 Å². The molecule has 1 heterocycles. The third-order valence-electron chi connectivity index (χ3n) is 5.36. The number of carboxylic acid groups (broad SMARTS) is 1. The number of carbonyl (C=O) groups excluding carboxylic acids is 1. The summed E-state index contributed by atoms with van der Waals surface area (Å²) in [6.45, 7) is 0.267. The molecule has 0 aliphatic carbocycles. The molecule has 8 heteroatoms. The van der Waals surface area contributed by atoms with Crippen molar-refractivity contribution >= 4 is 31.0 Å². The third-order valence-corrected chi connectivity index (χ3v) is 8.36. The number of hydrogen-bond donors (Lipinski definition) is 2. The van der Waals surface area contributed by atoms with Crippen LogP contribution in [-0.4, -0.2) is 56.9 Å². The molecular weight excluding hydrogens is 433 g/mol. The van der Waals surface area contributed by atoms with E-state index in [-0.39, 0.29) is 18.0 Å². The molecule has 1 saturated heterocycles. The van der Waals surface area contributed by atoms with Gasteiger partial charge in [0.05, 0.1) is 0 Å². The van der Waals surface area contributed by atoms with E-state index in [9.17, 15) is 24.2 Å². The van der Waals surface area contributed by atoms with Crippen LogP contribution < -0.4 is 0 Å². The number of carbonyl (C=O) groups is 2. The van der Waals surface area contributed by atoms with Crippen molar-refractivity contribution in [2.75, 3.05) is 18.9 Å². The zero-order chi connectivity index (χ0) is 22.3. The Labute approximate surface area is 187 Å². The number of unbranched alkanes of at least 4 members (excludes halogenated alkanes) is 1. The Morgan fingerprint density at radius 3 is 2.32 bits per heavy atom. The first-order valence-electron chi connectivity index (χ1n) is 10.4. The monoisotopic (exact) mass is 461 g/mol. The van der Waals surface area contributed by atoms with Gasteiger partial charge >= 0.3 is 5.97 Å². The van der Waals surface area contributed by atoms with E-state index < -0.39 is 31.4 Å². The van der Waals surface area contributed by atoms with Gasteiger partial charge in [-0.05, 0) is 43.4 Å². The van der Waals surface area contributed by atoms with Gasteiger partial charge in [-0.15, -0.1) is 11.8 Å². The molecule has 166 valence electrons. The Morgan fingerprint density at radius 2 is 1.68 bits per heavy atom. The van der Waals surface area contributed by atoms with E-state index >= 15 is 0 Å². The van der Waals surface area contributed by atoms with Gasteiger partial charge < -0.3 is 14.9 Å². The molecule has 0 aromatic heterocycles. The lowest BCUT2D eigenvalue weighted by Gasteiger charge is -2.23. The molecule has 0 radical (unpaired) electrons. The average molecular weight is 462 g/mol. The number of amides is 1. The quantitative estimate of drug-likeness (QED) is 0.408. The summed E-state index contributed by atoms with van der Waals surface area (Å²) in [5.41, 5.74) is 1.18.